The maximum Gasteiger partial charge on any atom is 0.176 e. The molecule has 0 fully saturated rings. The van der Waals surface area contributed by atoms with E-state index >= 15 is 0 Å². The lowest BCUT2D eigenvalue weighted by atomic mass is 10.3. The SMILES string of the molecule is c1cn(CCCn2ccnc2-c2ccc(-c3ccn[nH]3)o2)cn1. The zero-order valence-corrected chi connectivity index (χ0v) is 12.5. The molecule has 1 N–H and O–H groups in total. The summed E-state index contributed by atoms with van der Waals surface area (Å²) in [5.41, 5.74) is 0.856. The van der Waals surface area contributed by atoms with Gasteiger partial charge in [-0.05, 0) is 24.6 Å². The molecule has 4 rings (SSSR count). The molecule has 4 heterocycles. The average Bonchev–Trinajstić information content (AvgIpc) is 3.33. The molecule has 0 amide bonds. The molecule has 0 aliphatic rings. The van der Waals surface area contributed by atoms with Crippen molar-refractivity contribution in [2.24, 2.45) is 0 Å². The number of furan rings is 1. The van der Waals surface area contributed by atoms with Gasteiger partial charge in [-0.2, -0.15) is 5.10 Å². The molecule has 0 saturated heterocycles. The molecule has 23 heavy (non-hydrogen) atoms. The molecule has 7 heteroatoms. The van der Waals surface area contributed by atoms with Crippen LogP contribution in [0.25, 0.3) is 23.0 Å². The Labute approximate surface area is 132 Å². The molecule has 116 valence electrons. The molecule has 7 nitrogen and oxygen atoms in total. The van der Waals surface area contributed by atoms with Crippen LogP contribution in [0.5, 0.6) is 0 Å². The molecule has 0 bridgehead atoms. The van der Waals surface area contributed by atoms with Gasteiger partial charge >= 0.3 is 0 Å². The van der Waals surface area contributed by atoms with E-state index in [2.05, 4.69) is 29.3 Å². The molecule has 0 aliphatic heterocycles. The highest BCUT2D eigenvalue weighted by Gasteiger charge is 2.12. The van der Waals surface area contributed by atoms with E-state index in [1.165, 1.54) is 0 Å². The number of aromatic nitrogens is 6. The number of imidazole rings is 2. The first-order chi connectivity index (χ1) is 11.4. The van der Waals surface area contributed by atoms with Gasteiger partial charge in [0.15, 0.2) is 17.3 Å². The zero-order valence-electron chi connectivity index (χ0n) is 12.5. The zero-order chi connectivity index (χ0) is 15.5. The van der Waals surface area contributed by atoms with Crippen LogP contribution in [0.4, 0.5) is 0 Å². The molecule has 0 aromatic carbocycles. The van der Waals surface area contributed by atoms with Crippen LogP contribution in [0.15, 0.2) is 59.9 Å². The Bertz CT molecular complexity index is 856. The van der Waals surface area contributed by atoms with Crippen molar-refractivity contribution in [3.8, 4) is 23.0 Å². The van der Waals surface area contributed by atoms with Gasteiger partial charge < -0.3 is 13.6 Å². The van der Waals surface area contributed by atoms with Gasteiger partial charge in [-0.1, -0.05) is 0 Å². The third kappa shape index (κ3) is 2.80. The highest BCUT2D eigenvalue weighted by Crippen LogP contribution is 2.26. The number of aromatic amines is 1. The summed E-state index contributed by atoms with van der Waals surface area (Å²) < 4.78 is 10.1. The van der Waals surface area contributed by atoms with Crippen LogP contribution in [0, 0.1) is 0 Å². The Hall–Kier alpha value is -3.09. The minimum Gasteiger partial charge on any atom is -0.451 e. The first-order valence-electron chi connectivity index (χ1n) is 7.47. The molecule has 0 aliphatic carbocycles. The summed E-state index contributed by atoms with van der Waals surface area (Å²) >= 11 is 0. The van der Waals surface area contributed by atoms with Crippen molar-refractivity contribution in [1.82, 2.24) is 29.3 Å². The van der Waals surface area contributed by atoms with Crippen LogP contribution in [-0.4, -0.2) is 29.3 Å². The van der Waals surface area contributed by atoms with Gasteiger partial charge in [0.2, 0.25) is 0 Å². The summed E-state index contributed by atoms with van der Waals surface area (Å²) in [6, 6.07) is 5.73. The van der Waals surface area contributed by atoms with E-state index in [-0.39, 0.29) is 0 Å². The second kappa shape index (κ2) is 5.96. The van der Waals surface area contributed by atoms with Gasteiger partial charge in [0.05, 0.1) is 6.33 Å². The number of aryl methyl sites for hydroxylation is 2. The minimum atomic E-state index is 0.752. The van der Waals surface area contributed by atoms with Crippen LogP contribution in [0.2, 0.25) is 0 Å². The average molecular weight is 308 g/mol. The molecule has 4 aromatic heterocycles. The second-order valence-corrected chi connectivity index (χ2v) is 5.23. The number of rotatable bonds is 6. The smallest absolute Gasteiger partial charge is 0.176 e. The standard InChI is InChI=1S/C16H16N6O/c1(8-21-10-6-17-12-21)9-22-11-7-18-16(22)15-3-2-14(23-15)13-4-5-19-20-13/h2-7,10-12H,1,8-9H2,(H,19,20). The van der Waals surface area contributed by atoms with E-state index in [4.69, 9.17) is 4.42 Å². The Balaban J connectivity index is 1.48. The van der Waals surface area contributed by atoms with E-state index in [0.29, 0.717) is 0 Å². The molecule has 0 unspecified atom stereocenters. The summed E-state index contributed by atoms with van der Waals surface area (Å²) in [6.07, 6.45) is 12.1. The number of H-pyrrole nitrogens is 1. The Morgan fingerprint density at radius 3 is 2.78 bits per heavy atom. The lowest BCUT2D eigenvalue weighted by Gasteiger charge is -2.06. The molecule has 0 spiro atoms. The predicted molar refractivity (Wildman–Crippen MR) is 84.4 cm³/mol. The lowest BCUT2D eigenvalue weighted by Crippen LogP contribution is -2.03. The maximum absolute atomic E-state index is 5.90. The Morgan fingerprint density at radius 2 is 1.96 bits per heavy atom. The second-order valence-electron chi connectivity index (χ2n) is 5.23. The van der Waals surface area contributed by atoms with Crippen LogP contribution in [0.1, 0.15) is 6.42 Å². The first-order valence-corrected chi connectivity index (χ1v) is 7.47. The normalized spacial score (nSPS) is 11.1. The van der Waals surface area contributed by atoms with Gasteiger partial charge in [-0.3, -0.25) is 5.10 Å². The molecular weight excluding hydrogens is 292 g/mol. The van der Waals surface area contributed by atoms with Crippen molar-refractivity contribution in [2.45, 2.75) is 19.5 Å². The van der Waals surface area contributed by atoms with E-state index in [0.717, 1.165) is 42.5 Å². The van der Waals surface area contributed by atoms with Gasteiger partial charge in [0, 0.05) is 44.1 Å². The molecule has 0 saturated carbocycles. The summed E-state index contributed by atoms with van der Waals surface area (Å²) in [4.78, 5) is 8.47. The van der Waals surface area contributed by atoms with Gasteiger partial charge in [0.1, 0.15) is 5.69 Å². The van der Waals surface area contributed by atoms with Crippen LogP contribution >= 0.6 is 0 Å². The third-order valence-corrected chi connectivity index (χ3v) is 3.68. The summed E-state index contributed by atoms with van der Waals surface area (Å²) in [5.74, 6) is 2.34. The van der Waals surface area contributed by atoms with E-state index in [1.54, 1.807) is 18.6 Å². The van der Waals surface area contributed by atoms with E-state index in [1.807, 2.05) is 36.9 Å². The fourth-order valence-electron chi connectivity index (χ4n) is 2.55. The number of nitrogens with one attached hydrogen (secondary N) is 1. The fraction of sp³-hybridized carbons (Fsp3) is 0.188. The predicted octanol–water partition coefficient (Wildman–Crippen LogP) is 2.82. The van der Waals surface area contributed by atoms with Gasteiger partial charge in [-0.15, -0.1) is 0 Å². The van der Waals surface area contributed by atoms with Gasteiger partial charge in [0.25, 0.3) is 0 Å². The van der Waals surface area contributed by atoms with Crippen LogP contribution in [-0.2, 0) is 13.1 Å². The molecule has 0 radical (unpaired) electrons. The van der Waals surface area contributed by atoms with Crippen LogP contribution in [0.3, 0.4) is 0 Å². The molecule has 4 aromatic rings. The number of hydrogen-bond acceptors (Lipinski definition) is 4. The van der Waals surface area contributed by atoms with E-state index < -0.39 is 0 Å². The van der Waals surface area contributed by atoms with Crippen molar-refractivity contribution in [2.75, 3.05) is 0 Å². The molecular formula is C16H16N6O. The van der Waals surface area contributed by atoms with Crippen molar-refractivity contribution < 1.29 is 4.42 Å². The van der Waals surface area contributed by atoms with Crippen molar-refractivity contribution in [1.29, 1.82) is 0 Å². The first kappa shape index (κ1) is 13.6. The van der Waals surface area contributed by atoms with Gasteiger partial charge in [-0.25, -0.2) is 9.97 Å². The van der Waals surface area contributed by atoms with Crippen molar-refractivity contribution in [3.05, 3.63) is 55.5 Å². The highest BCUT2D eigenvalue weighted by atomic mass is 16.3. The quantitative estimate of drug-likeness (QED) is 0.594. The topological polar surface area (TPSA) is 77.5 Å². The Kier molecular flexibility index (Phi) is 3.51. The minimum absolute atomic E-state index is 0.752. The maximum atomic E-state index is 5.90. The summed E-state index contributed by atoms with van der Waals surface area (Å²) in [5, 5.41) is 6.84. The highest BCUT2D eigenvalue weighted by molar-refractivity contribution is 5.58. The third-order valence-electron chi connectivity index (χ3n) is 3.68. The fourth-order valence-corrected chi connectivity index (χ4v) is 2.55. The summed E-state index contributed by atoms with van der Waals surface area (Å²) in [6.45, 7) is 1.79. The number of hydrogen-bond donors (Lipinski definition) is 1. The monoisotopic (exact) mass is 308 g/mol. The van der Waals surface area contributed by atoms with Crippen molar-refractivity contribution in [3.63, 3.8) is 0 Å². The number of nitrogens with zero attached hydrogens (tertiary/aromatic N) is 5. The van der Waals surface area contributed by atoms with Crippen molar-refractivity contribution >= 4 is 0 Å². The Morgan fingerprint density at radius 1 is 1.00 bits per heavy atom. The van der Waals surface area contributed by atoms with Crippen LogP contribution < -0.4 is 0 Å². The lowest BCUT2D eigenvalue weighted by molar-refractivity contribution is 0.548. The largest absolute Gasteiger partial charge is 0.451 e. The van der Waals surface area contributed by atoms with E-state index in [9.17, 15) is 0 Å². The summed E-state index contributed by atoms with van der Waals surface area (Å²) in [7, 11) is 0. The molecule has 0 atom stereocenters.